The Morgan fingerprint density at radius 1 is 1.17 bits per heavy atom. The monoisotopic (exact) mass is 345 g/mol. The van der Waals surface area contributed by atoms with Gasteiger partial charge in [-0.3, -0.25) is 10.1 Å². The molecule has 0 aliphatic rings. The Morgan fingerprint density at radius 3 is 2.42 bits per heavy atom. The summed E-state index contributed by atoms with van der Waals surface area (Å²) >= 11 is 1.79. The van der Waals surface area contributed by atoms with Crippen LogP contribution in [0.5, 0.6) is 5.75 Å². The van der Waals surface area contributed by atoms with E-state index < -0.39 is 5.97 Å². The Balaban J connectivity index is 1.96. The molecule has 2 aromatic rings. The smallest absolute Gasteiger partial charge is 0.317 e. The fourth-order valence-corrected chi connectivity index (χ4v) is 3.39. The van der Waals surface area contributed by atoms with Crippen LogP contribution in [0.1, 0.15) is 22.7 Å². The van der Waals surface area contributed by atoms with E-state index in [2.05, 4.69) is 36.5 Å². The second kappa shape index (κ2) is 9.35. The minimum absolute atomic E-state index is 0.0116. The average Bonchev–Trinajstić information content (AvgIpc) is 2.59. The molecule has 0 unspecified atom stereocenters. The van der Waals surface area contributed by atoms with Gasteiger partial charge in [-0.05, 0) is 30.2 Å². The molecule has 1 atom stereocenters. The lowest BCUT2D eigenvalue weighted by atomic mass is 10.1. The lowest BCUT2D eigenvalue weighted by Gasteiger charge is -2.18. The number of aryl methyl sites for hydroxylation is 1. The van der Waals surface area contributed by atoms with Gasteiger partial charge in [0.05, 0.1) is 13.7 Å². The number of carboxylic acids is 1. The molecule has 0 radical (unpaired) electrons. The van der Waals surface area contributed by atoms with Crippen molar-refractivity contribution in [3.63, 3.8) is 0 Å². The summed E-state index contributed by atoms with van der Waals surface area (Å²) in [5.74, 6) is 1.65. The number of hydrogen-bond acceptors (Lipinski definition) is 4. The van der Waals surface area contributed by atoms with Crippen molar-refractivity contribution in [2.24, 2.45) is 0 Å². The highest BCUT2D eigenvalue weighted by atomic mass is 32.2. The van der Waals surface area contributed by atoms with Crippen molar-refractivity contribution in [3.8, 4) is 5.75 Å². The summed E-state index contributed by atoms with van der Waals surface area (Å²) < 4.78 is 5.18. The molecule has 0 aromatic heterocycles. The molecular formula is C19H23NO3S. The lowest BCUT2D eigenvalue weighted by molar-refractivity contribution is -0.136. The molecule has 2 N–H and O–H groups in total. The van der Waals surface area contributed by atoms with Gasteiger partial charge in [-0.25, -0.2) is 0 Å². The summed E-state index contributed by atoms with van der Waals surface area (Å²) in [7, 11) is 1.63. The van der Waals surface area contributed by atoms with Crippen LogP contribution in [0.25, 0.3) is 0 Å². The first-order valence-electron chi connectivity index (χ1n) is 7.81. The molecule has 0 bridgehead atoms. The van der Waals surface area contributed by atoms with Crippen molar-refractivity contribution in [2.75, 3.05) is 19.4 Å². The maximum atomic E-state index is 10.9. The molecule has 0 fully saturated rings. The number of carboxylic acid groups (broad SMARTS) is 1. The third-order valence-electron chi connectivity index (χ3n) is 3.69. The lowest BCUT2D eigenvalue weighted by Crippen LogP contribution is -2.29. The molecule has 0 aliphatic heterocycles. The molecule has 2 aromatic carbocycles. The van der Waals surface area contributed by atoms with Crippen LogP contribution in [0.2, 0.25) is 0 Å². The van der Waals surface area contributed by atoms with Crippen LogP contribution in [0, 0.1) is 6.92 Å². The Labute approximate surface area is 147 Å². The summed E-state index contributed by atoms with van der Waals surface area (Å²) in [5, 5.41) is 12.0. The van der Waals surface area contributed by atoms with Crippen LogP contribution in [-0.2, 0) is 10.5 Å². The standard InChI is InChI=1S/C19H23NO3S/c1-14-3-5-15(6-4-14)12-24-13-18(20-11-19(21)22)16-7-9-17(23-2)10-8-16/h3-10,18,20H,11-13H2,1-2H3,(H,21,22)/t18-/m0/s1. The van der Waals surface area contributed by atoms with Gasteiger partial charge in [0, 0.05) is 17.5 Å². The topological polar surface area (TPSA) is 58.6 Å². The number of ether oxygens (including phenoxy) is 1. The second-order valence-corrected chi connectivity index (χ2v) is 6.63. The van der Waals surface area contributed by atoms with Gasteiger partial charge in [-0.15, -0.1) is 0 Å². The van der Waals surface area contributed by atoms with Gasteiger partial charge < -0.3 is 9.84 Å². The molecule has 0 amide bonds. The van der Waals surface area contributed by atoms with Crippen molar-refractivity contribution < 1.29 is 14.6 Å². The summed E-state index contributed by atoms with van der Waals surface area (Å²) in [4.78, 5) is 10.9. The highest BCUT2D eigenvalue weighted by Crippen LogP contribution is 2.23. The largest absolute Gasteiger partial charge is 0.497 e. The normalized spacial score (nSPS) is 11.9. The first-order valence-corrected chi connectivity index (χ1v) is 8.96. The maximum absolute atomic E-state index is 10.9. The van der Waals surface area contributed by atoms with Crippen molar-refractivity contribution in [2.45, 2.75) is 18.7 Å². The van der Waals surface area contributed by atoms with E-state index in [1.807, 2.05) is 24.3 Å². The molecule has 2 rings (SSSR count). The van der Waals surface area contributed by atoms with Gasteiger partial charge in [0.2, 0.25) is 0 Å². The molecule has 24 heavy (non-hydrogen) atoms. The SMILES string of the molecule is COc1ccc([C@H](CSCc2ccc(C)cc2)NCC(=O)O)cc1. The van der Waals surface area contributed by atoms with E-state index in [-0.39, 0.29) is 12.6 Å². The Hall–Kier alpha value is -1.98. The number of aliphatic carboxylic acids is 1. The fourth-order valence-electron chi connectivity index (χ4n) is 2.30. The Kier molecular flexibility index (Phi) is 7.15. The van der Waals surface area contributed by atoms with Crippen LogP contribution in [-0.4, -0.2) is 30.5 Å². The predicted octanol–water partition coefficient (Wildman–Crippen LogP) is 3.65. The van der Waals surface area contributed by atoms with Gasteiger partial charge in [-0.1, -0.05) is 42.0 Å². The van der Waals surface area contributed by atoms with Gasteiger partial charge in [0.15, 0.2) is 0 Å². The quantitative estimate of drug-likeness (QED) is 0.726. The fraction of sp³-hybridized carbons (Fsp3) is 0.316. The van der Waals surface area contributed by atoms with Crippen molar-refractivity contribution in [3.05, 3.63) is 65.2 Å². The zero-order valence-electron chi connectivity index (χ0n) is 14.0. The molecule has 5 heteroatoms. The van der Waals surface area contributed by atoms with E-state index in [0.29, 0.717) is 0 Å². The molecule has 0 saturated carbocycles. The molecule has 4 nitrogen and oxygen atoms in total. The van der Waals surface area contributed by atoms with Crippen LogP contribution < -0.4 is 10.1 Å². The third kappa shape index (κ3) is 5.91. The minimum atomic E-state index is -0.850. The summed E-state index contributed by atoms with van der Waals surface area (Å²) in [6, 6.07) is 16.2. The third-order valence-corrected chi connectivity index (χ3v) is 4.80. The number of rotatable bonds is 9. The maximum Gasteiger partial charge on any atom is 0.317 e. The van der Waals surface area contributed by atoms with Gasteiger partial charge in [-0.2, -0.15) is 11.8 Å². The van der Waals surface area contributed by atoms with Crippen LogP contribution in [0.4, 0.5) is 0 Å². The van der Waals surface area contributed by atoms with Gasteiger partial charge in [0.1, 0.15) is 5.75 Å². The highest BCUT2D eigenvalue weighted by Gasteiger charge is 2.13. The van der Waals surface area contributed by atoms with Crippen molar-refractivity contribution in [1.29, 1.82) is 0 Å². The van der Waals surface area contributed by atoms with E-state index in [9.17, 15) is 4.79 Å². The first kappa shape index (κ1) is 18.4. The summed E-state index contributed by atoms with van der Waals surface area (Å²) in [6.45, 7) is 2.02. The zero-order chi connectivity index (χ0) is 17.4. The molecule has 0 saturated heterocycles. The van der Waals surface area contributed by atoms with Gasteiger partial charge in [0.25, 0.3) is 0 Å². The van der Waals surface area contributed by atoms with E-state index in [0.717, 1.165) is 22.8 Å². The van der Waals surface area contributed by atoms with Crippen LogP contribution in [0.15, 0.2) is 48.5 Å². The van der Waals surface area contributed by atoms with E-state index >= 15 is 0 Å². The number of benzene rings is 2. The molecular weight excluding hydrogens is 322 g/mol. The molecule has 0 spiro atoms. The number of carbonyl (C=O) groups is 1. The van der Waals surface area contributed by atoms with Crippen molar-refractivity contribution in [1.82, 2.24) is 5.32 Å². The van der Waals surface area contributed by atoms with Gasteiger partial charge >= 0.3 is 5.97 Å². The summed E-state index contributed by atoms with van der Waals surface area (Å²) in [6.07, 6.45) is 0. The summed E-state index contributed by atoms with van der Waals surface area (Å²) in [5.41, 5.74) is 3.59. The zero-order valence-corrected chi connectivity index (χ0v) is 14.8. The Bertz CT molecular complexity index is 641. The Morgan fingerprint density at radius 2 is 1.83 bits per heavy atom. The second-order valence-electron chi connectivity index (χ2n) is 5.60. The molecule has 0 heterocycles. The number of methoxy groups -OCH3 is 1. The minimum Gasteiger partial charge on any atom is -0.497 e. The van der Waals surface area contributed by atoms with Crippen molar-refractivity contribution >= 4 is 17.7 Å². The highest BCUT2D eigenvalue weighted by molar-refractivity contribution is 7.98. The van der Waals surface area contributed by atoms with E-state index in [1.165, 1.54) is 11.1 Å². The predicted molar refractivity (Wildman–Crippen MR) is 98.7 cm³/mol. The van der Waals surface area contributed by atoms with E-state index in [4.69, 9.17) is 9.84 Å². The molecule has 128 valence electrons. The number of nitrogens with one attached hydrogen (secondary N) is 1. The van der Waals surface area contributed by atoms with Crippen LogP contribution in [0.3, 0.4) is 0 Å². The number of hydrogen-bond donors (Lipinski definition) is 2. The van der Waals surface area contributed by atoms with E-state index in [1.54, 1.807) is 18.9 Å². The molecule has 0 aliphatic carbocycles. The number of thioether (sulfide) groups is 1. The van der Waals surface area contributed by atoms with Crippen LogP contribution >= 0.6 is 11.8 Å². The average molecular weight is 345 g/mol. The first-order chi connectivity index (χ1) is 11.6.